The van der Waals surface area contributed by atoms with Crippen LogP contribution in [0.2, 0.25) is 0 Å². The number of anilines is 1. The molecule has 15 heteroatoms. The maximum atomic E-state index is 13.4. The molecule has 1 aromatic carbocycles. The number of carbonyl (C=O) groups excluding carboxylic acids is 5. The molecule has 14 nitrogen and oxygen atoms in total. The molecule has 0 saturated carbocycles. The Morgan fingerprint density at radius 2 is 1.38 bits per heavy atom. The van der Waals surface area contributed by atoms with E-state index in [4.69, 9.17) is 34.5 Å². The highest BCUT2D eigenvalue weighted by Crippen LogP contribution is 2.25. The van der Waals surface area contributed by atoms with Gasteiger partial charge in [0.15, 0.2) is 0 Å². The van der Waals surface area contributed by atoms with Crippen LogP contribution in [0.15, 0.2) is 42.6 Å². The second kappa shape index (κ2) is 21.4. The number of halogens is 1. The van der Waals surface area contributed by atoms with Crippen molar-refractivity contribution in [3.8, 4) is 16.9 Å². The zero-order valence-corrected chi connectivity index (χ0v) is 33.0. The minimum Gasteiger partial charge on any atom is -1.00 e. The topological polar surface area (TPSA) is 188 Å². The lowest BCUT2D eigenvalue weighted by Gasteiger charge is -2.28. The Morgan fingerprint density at radius 1 is 0.840 bits per heavy atom. The number of ether oxygens (including phenoxy) is 3. The normalized spacial score (nSPS) is 12.4. The number of alkyl carbamates (subject to hydrolysis) is 2. The summed E-state index contributed by atoms with van der Waals surface area (Å²) in [5, 5.41) is 8.32. The summed E-state index contributed by atoms with van der Waals surface area (Å²) in [7, 11) is 1.83. The van der Waals surface area contributed by atoms with Crippen molar-refractivity contribution in [2.24, 2.45) is 18.4 Å². The van der Waals surface area contributed by atoms with Gasteiger partial charge in [-0.1, -0.05) is 32.9 Å². The van der Waals surface area contributed by atoms with Crippen LogP contribution in [-0.4, -0.2) is 60.7 Å². The van der Waals surface area contributed by atoms with Crippen molar-refractivity contribution in [3.05, 3.63) is 42.6 Å². The van der Waals surface area contributed by atoms with E-state index in [9.17, 15) is 14.4 Å². The molecular weight excluding hydrogens is 761 g/mol. The molecule has 2 rings (SSSR count). The fraction of sp³-hybridized carbons (Fsp3) is 0.571. The molecule has 3 amide bonds. The third kappa shape index (κ3) is 18.8. The minimum absolute atomic E-state index is 0. The Morgan fingerprint density at radius 3 is 1.88 bits per heavy atom. The van der Waals surface area contributed by atoms with Gasteiger partial charge in [-0.15, -0.1) is 0 Å². The van der Waals surface area contributed by atoms with Crippen LogP contribution >= 0.6 is 0 Å². The van der Waals surface area contributed by atoms with Gasteiger partial charge in [0.2, 0.25) is 0 Å². The first-order chi connectivity index (χ1) is 22.7. The quantitative estimate of drug-likeness (QED) is 0.101. The molecule has 2 atom stereocenters. The number of benzene rings is 1. The molecule has 0 bridgehead atoms. The van der Waals surface area contributed by atoms with Crippen LogP contribution in [0.3, 0.4) is 0 Å². The zero-order chi connectivity index (χ0) is 37.4. The Labute approximate surface area is 312 Å². The van der Waals surface area contributed by atoms with Crippen molar-refractivity contribution in [1.82, 2.24) is 10.6 Å². The first-order valence-corrected chi connectivity index (χ1v) is 16.0. The van der Waals surface area contributed by atoms with Crippen molar-refractivity contribution in [2.75, 3.05) is 18.5 Å². The van der Waals surface area contributed by atoms with Gasteiger partial charge in [0.1, 0.15) is 35.7 Å². The fourth-order valence-corrected chi connectivity index (χ4v) is 4.23. The van der Waals surface area contributed by atoms with E-state index in [0.29, 0.717) is 44.0 Å². The molecular formula is C35H54IN5O9. The Kier molecular flexibility index (Phi) is 19.8. The number of carbonyl (C=O) groups is 3. The van der Waals surface area contributed by atoms with Gasteiger partial charge in [0, 0.05) is 18.2 Å². The second-order valence-electron chi connectivity index (χ2n) is 14.4. The number of amides is 3. The maximum absolute atomic E-state index is 13.4. The van der Waals surface area contributed by atoms with Gasteiger partial charge < -0.3 is 48.8 Å². The molecule has 0 radical (unpaired) electrons. The maximum Gasteiger partial charge on any atom is 0.408 e. The number of aryl methyl sites for hydroxylation is 1. The number of nitrogens with zero attached hydrogens (tertiary/aromatic N) is 1. The number of hydrogen-bond donors (Lipinski definition) is 4. The highest BCUT2D eigenvalue weighted by atomic mass is 127. The third-order valence-corrected chi connectivity index (χ3v) is 6.70. The van der Waals surface area contributed by atoms with E-state index in [1.54, 1.807) is 52.2 Å². The van der Waals surface area contributed by atoms with Crippen LogP contribution in [0.1, 0.15) is 81.6 Å². The Bertz CT molecular complexity index is 1400. The molecule has 0 saturated heterocycles. The van der Waals surface area contributed by atoms with Gasteiger partial charge in [0.05, 0.1) is 13.2 Å². The summed E-state index contributed by atoms with van der Waals surface area (Å²) in [6.45, 7) is 17.5. The highest BCUT2D eigenvalue weighted by molar-refractivity contribution is 5.95. The first kappa shape index (κ1) is 46.2. The number of nitrogens with one attached hydrogen (secondary N) is 3. The van der Waals surface area contributed by atoms with Crippen molar-refractivity contribution >= 4 is 30.1 Å². The van der Waals surface area contributed by atoms with E-state index < -0.39 is 29.4 Å². The monoisotopic (exact) mass is 815 g/mol. The molecule has 0 spiro atoms. The SMILES string of the molecule is C[n+]1cc(-c2ccc(OC[C@H](ON)C(C)(C)C)cc2)ccc1NC(=O)[C@H](CCCCNC(=O)OC(C)(C)C)NC(=O)OC(C)(C)C.O=C=O.[I-]. The van der Waals surface area contributed by atoms with Gasteiger partial charge in [-0.25, -0.2) is 30.2 Å². The molecule has 0 aliphatic heterocycles. The van der Waals surface area contributed by atoms with Crippen molar-refractivity contribution in [1.29, 1.82) is 0 Å². The van der Waals surface area contributed by atoms with Crippen LogP contribution in [0, 0.1) is 5.41 Å². The van der Waals surface area contributed by atoms with Crippen molar-refractivity contribution in [2.45, 2.75) is 105 Å². The van der Waals surface area contributed by atoms with Crippen LogP contribution < -0.4 is 55.1 Å². The smallest absolute Gasteiger partial charge is 0.408 e. The predicted octanol–water partition coefficient (Wildman–Crippen LogP) is 1.81. The lowest BCUT2D eigenvalue weighted by molar-refractivity contribution is -0.656. The third-order valence-electron chi connectivity index (χ3n) is 6.70. The summed E-state index contributed by atoms with van der Waals surface area (Å²) < 4.78 is 18.3. The van der Waals surface area contributed by atoms with Gasteiger partial charge >= 0.3 is 24.2 Å². The molecule has 1 aromatic heterocycles. The van der Waals surface area contributed by atoms with Gasteiger partial charge in [-0.3, -0.25) is 4.84 Å². The Hall–Kier alpha value is -3.79. The zero-order valence-electron chi connectivity index (χ0n) is 30.8. The van der Waals surface area contributed by atoms with Crippen LogP contribution in [0.25, 0.3) is 11.1 Å². The largest absolute Gasteiger partial charge is 1.00 e. The lowest BCUT2D eigenvalue weighted by atomic mass is 9.90. The van der Waals surface area contributed by atoms with Crippen LogP contribution in [0.4, 0.5) is 15.4 Å². The Balaban J connectivity index is 0.00000578. The molecule has 0 fully saturated rings. The number of rotatable bonds is 13. The second-order valence-corrected chi connectivity index (χ2v) is 14.4. The number of pyridine rings is 1. The number of unbranched alkanes of at least 4 members (excludes halogenated alkanes) is 1. The molecule has 2 aromatic rings. The molecule has 5 N–H and O–H groups in total. The average molecular weight is 816 g/mol. The molecule has 0 unspecified atom stereocenters. The summed E-state index contributed by atoms with van der Waals surface area (Å²) in [6.07, 6.45) is 2.20. The van der Waals surface area contributed by atoms with Crippen LogP contribution in [-0.2, 0) is 35.7 Å². The first-order valence-electron chi connectivity index (χ1n) is 16.0. The summed E-state index contributed by atoms with van der Waals surface area (Å²) in [6, 6.07) is 10.5. The molecule has 280 valence electrons. The van der Waals surface area contributed by atoms with E-state index in [1.807, 2.05) is 64.3 Å². The van der Waals surface area contributed by atoms with Crippen molar-refractivity contribution in [3.63, 3.8) is 0 Å². The summed E-state index contributed by atoms with van der Waals surface area (Å²) in [5.74, 6) is 6.31. The van der Waals surface area contributed by atoms with E-state index in [-0.39, 0.29) is 47.6 Å². The molecule has 0 aliphatic rings. The average Bonchev–Trinajstić information content (AvgIpc) is 2.96. The summed E-state index contributed by atoms with van der Waals surface area (Å²) in [5.41, 5.74) is 0.435. The standard InChI is InChI=1S/C34H53N5O7.CO2.HI/c1-32(2,3)27(46-35)22-43-25-17-14-23(15-18-25)24-16-19-28(39(10)21-24)38-29(40)26(37-31(42)45-34(7,8)9)13-11-12-20-36-30(41)44-33(4,5)6;2-1-3;/h14-19,21,26-27H,11-13,20,22,35H2,1-10H3,(H2,36,37,41,42);;1H/t26-,27-;;/m0../s1. The predicted molar refractivity (Wildman–Crippen MR) is 182 cm³/mol. The number of nitrogens with two attached hydrogens (primary N) is 1. The van der Waals surface area contributed by atoms with Gasteiger partial charge in [-0.2, -0.15) is 9.59 Å². The lowest BCUT2D eigenvalue weighted by Crippen LogP contribution is -3.00. The molecule has 0 aliphatic carbocycles. The minimum atomic E-state index is -0.855. The molecule has 50 heavy (non-hydrogen) atoms. The summed E-state index contributed by atoms with van der Waals surface area (Å²) >= 11 is 0. The van der Waals surface area contributed by atoms with E-state index in [2.05, 4.69) is 16.0 Å². The number of hydrogen-bond acceptors (Lipinski definition) is 10. The fourth-order valence-electron chi connectivity index (χ4n) is 4.23. The van der Waals surface area contributed by atoms with Crippen molar-refractivity contribution < 1.29 is 71.6 Å². The van der Waals surface area contributed by atoms with E-state index in [0.717, 1.165) is 11.1 Å². The van der Waals surface area contributed by atoms with E-state index in [1.165, 1.54) is 0 Å². The van der Waals surface area contributed by atoms with Gasteiger partial charge in [-0.05, 0) is 90.0 Å². The van der Waals surface area contributed by atoms with Crippen LogP contribution in [0.5, 0.6) is 5.75 Å². The molecule has 1 heterocycles. The van der Waals surface area contributed by atoms with Gasteiger partial charge in [0.25, 0.3) is 5.82 Å². The highest BCUT2D eigenvalue weighted by Gasteiger charge is 2.28. The number of aromatic nitrogens is 1. The summed E-state index contributed by atoms with van der Waals surface area (Å²) in [4.78, 5) is 59.2. The van der Waals surface area contributed by atoms with E-state index >= 15 is 0 Å².